The summed E-state index contributed by atoms with van der Waals surface area (Å²) < 4.78 is 5.29. The Labute approximate surface area is 158 Å². The summed E-state index contributed by atoms with van der Waals surface area (Å²) in [6, 6.07) is 6.17. The van der Waals surface area contributed by atoms with Gasteiger partial charge in [-0.25, -0.2) is 0 Å². The molecule has 3 aromatic rings. The van der Waals surface area contributed by atoms with Gasteiger partial charge in [-0.2, -0.15) is 5.10 Å². The second-order valence-electron chi connectivity index (χ2n) is 6.52. The monoisotopic (exact) mass is 367 g/mol. The molecule has 0 saturated heterocycles. The number of benzene rings is 1. The highest BCUT2D eigenvalue weighted by atomic mass is 16.5. The first-order valence-corrected chi connectivity index (χ1v) is 9.14. The first-order chi connectivity index (χ1) is 13.1. The zero-order valence-corrected chi connectivity index (χ0v) is 15.9. The van der Waals surface area contributed by atoms with Crippen LogP contribution in [0, 0.1) is 0 Å². The van der Waals surface area contributed by atoms with Gasteiger partial charge in [-0.3, -0.25) is 14.9 Å². The van der Waals surface area contributed by atoms with Gasteiger partial charge in [0.1, 0.15) is 0 Å². The van der Waals surface area contributed by atoms with Crippen molar-refractivity contribution < 1.29 is 9.53 Å². The van der Waals surface area contributed by atoms with Crippen molar-refractivity contribution in [3.05, 3.63) is 42.4 Å². The van der Waals surface area contributed by atoms with Crippen LogP contribution >= 0.6 is 0 Å². The van der Waals surface area contributed by atoms with Crippen molar-refractivity contribution in [1.82, 2.24) is 20.5 Å². The predicted molar refractivity (Wildman–Crippen MR) is 107 cm³/mol. The van der Waals surface area contributed by atoms with Gasteiger partial charge in [-0.15, -0.1) is 0 Å². The molecule has 2 aromatic heterocycles. The standard InChI is InChI=1S/C20H25N5O2/c1-4-27-8-7-21-20(26)17-12-22-18-6-5-14(15-10-23-24-11-15)9-16(18)19(17)25-13(2)3/h5-6,9-13H,4,7-8H2,1-3H3,(H,21,26)(H,22,25)(H,23,24). The van der Waals surface area contributed by atoms with Crippen molar-refractivity contribution in [3.8, 4) is 11.1 Å². The number of H-pyrrole nitrogens is 1. The van der Waals surface area contributed by atoms with Gasteiger partial charge in [0.25, 0.3) is 5.91 Å². The predicted octanol–water partition coefficient (Wildman–Crippen LogP) is 3.21. The molecule has 3 N–H and O–H groups in total. The molecular formula is C20H25N5O2. The number of pyridine rings is 1. The van der Waals surface area contributed by atoms with Crippen LogP contribution in [0.5, 0.6) is 0 Å². The molecule has 0 bridgehead atoms. The zero-order valence-electron chi connectivity index (χ0n) is 15.9. The quantitative estimate of drug-likeness (QED) is 0.532. The summed E-state index contributed by atoms with van der Waals surface area (Å²) in [5.41, 5.74) is 4.14. The Kier molecular flexibility index (Phi) is 6.03. The van der Waals surface area contributed by atoms with Crippen LogP contribution in [0.15, 0.2) is 36.8 Å². The fraction of sp³-hybridized carbons (Fsp3) is 0.350. The minimum Gasteiger partial charge on any atom is -0.382 e. The number of aromatic nitrogens is 3. The van der Waals surface area contributed by atoms with Crippen molar-refractivity contribution in [2.45, 2.75) is 26.8 Å². The molecule has 0 unspecified atom stereocenters. The molecule has 27 heavy (non-hydrogen) atoms. The molecule has 0 spiro atoms. The minimum atomic E-state index is -0.166. The lowest BCUT2D eigenvalue weighted by molar-refractivity contribution is 0.0923. The van der Waals surface area contributed by atoms with E-state index in [1.54, 1.807) is 12.4 Å². The summed E-state index contributed by atoms with van der Waals surface area (Å²) in [7, 11) is 0. The van der Waals surface area contributed by atoms with Crippen molar-refractivity contribution in [1.29, 1.82) is 0 Å². The Hall–Kier alpha value is -2.93. The molecule has 0 saturated carbocycles. The fourth-order valence-electron chi connectivity index (χ4n) is 2.87. The largest absolute Gasteiger partial charge is 0.382 e. The van der Waals surface area contributed by atoms with Gasteiger partial charge in [-0.1, -0.05) is 6.07 Å². The van der Waals surface area contributed by atoms with Crippen molar-refractivity contribution in [2.24, 2.45) is 0 Å². The average molecular weight is 367 g/mol. The van der Waals surface area contributed by atoms with Gasteiger partial charge in [-0.05, 0) is 38.5 Å². The van der Waals surface area contributed by atoms with E-state index >= 15 is 0 Å². The molecule has 0 atom stereocenters. The minimum absolute atomic E-state index is 0.166. The number of fused-ring (bicyclic) bond motifs is 1. The van der Waals surface area contributed by atoms with E-state index in [0.717, 1.165) is 27.7 Å². The van der Waals surface area contributed by atoms with Gasteiger partial charge >= 0.3 is 0 Å². The Morgan fingerprint density at radius 1 is 1.26 bits per heavy atom. The molecule has 7 nitrogen and oxygen atoms in total. The molecule has 7 heteroatoms. The summed E-state index contributed by atoms with van der Waals surface area (Å²) in [4.78, 5) is 17.2. The normalized spacial score (nSPS) is 11.1. The molecule has 0 aliphatic heterocycles. The third-order valence-corrected chi connectivity index (χ3v) is 4.11. The number of nitrogens with zero attached hydrogens (tertiary/aromatic N) is 2. The maximum absolute atomic E-state index is 12.7. The highest BCUT2D eigenvalue weighted by Gasteiger charge is 2.17. The van der Waals surface area contributed by atoms with Crippen LogP contribution in [-0.4, -0.2) is 46.9 Å². The number of carbonyl (C=O) groups excluding carboxylic acids is 1. The summed E-state index contributed by atoms with van der Waals surface area (Å²) in [5.74, 6) is -0.166. The van der Waals surface area contributed by atoms with Crippen molar-refractivity contribution in [3.63, 3.8) is 0 Å². The SMILES string of the molecule is CCOCCNC(=O)c1cnc2ccc(-c3cn[nH]c3)cc2c1NC(C)C. The zero-order chi connectivity index (χ0) is 19.2. The number of hydrogen-bond donors (Lipinski definition) is 3. The Morgan fingerprint density at radius 2 is 2.11 bits per heavy atom. The number of carbonyl (C=O) groups is 1. The first kappa shape index (κ1) is 18.8. The highest BCUT2D eigenvalue weighted by Crippen LogP contribution is 2.30. The number of ether oxygens (including phenoxy) is 1. The lowest BCUT2D eigenvalue weighted by Gasteiger charge is -2.17. The summed E-state index contributed by atoms with van der Waals surface area (Å²) in [5, 5.41) is 14.1. The van der Waals surface area contributed by atoms with Crippen molar-refractivity contribution in [2.75, 3.05) is 25.1 Å². The van der Waals surface area contributed by atoms with E-state index in [2.05, 4.69) is 25.8 Å². The topological polar surface area (TPSA) is 91.9 Å². The van der Waals surface area contributed by atoms with Gasteiger partial charge in [0.2, 0.25) is 0 Å². The number of anilines is 1. The van der Waals surface area contributed by atoms with E-state index in [0.29, 0.717) is 25.3 Å². The van der Waals surface area contributed by atoms with Crippen LogP contribution in [0.3, 0.4) is 0 Å². The summed E-state index contributed by atoms with van der Waals surface area (Å²) >= 11 is 0. The molecule has 0 aliphatic rings. The summed E-state index contributed by atoms with van der Waals surface area (Å²) in [6.45, 7) is 7.59. The van der Waals surface area contributed by atoms with Crippen LogP contribution in [-0.2, 0) is 4.74 Å². The second-order valence-corrected chi connectivity index (χ2v) is 6.52. The third-order valence-electron chi connectivity index (χ3n) is 4.11. The first-order valence-electron chi connectivity index (χ1n) is 9.14. The molecule has 3 rings (SSSR count). The van der Waals surface area contributed by atoms with Gasteiger partial charge in [0.05, 0.1) is 29.6 Å². The molecule has 0 fully saturated rings. The van der Waals surface area contributed by atoms with Gasteiger partial charge < -0.3 is 15.4 Å². The number of amides is 1. The van der Waals surface area contributed by atoms with Crippen LogP contribution in [0.25, 0.3) is 22.0 Å². The lowest BCUT2D eigenvalue weighted by atomic mass is 10.0. The highest BCUT2D eigenvalue weighted by molar-refractivity contribution is 6.07. The Bertz CT molecular complexity index is 906. The molecule has 1 amide bonds. The van der Waals surface area contributed by atoms with E-state index in [4.69, 9.17) is 4.74 Å². The molecule has 0 aliphatic carbocycles. The van der Waals surface area contributed by atoms with Gasteiger partial charge in [0, 0.05) is 42.5 Å². The summed E-state index contributed by atoms with van der Waals surface area (Å²) in [6.07, 6.45) is 5.24. The molecule has 1 aromatic carbocycles. The van der Waals surface area contributed by atoms with Gasteiger partial charge in [0.15, 0.2) is 0 Å². The molecule has 0 radical (unpaired) electrons. The molecule has 142 valence electrons. The van der Waals surface area contributed by atoms with E-state index < -0.39 is 0 Å². The number of nitrogens with one attached hydrogen (secondary N) is 3. The van der Waals surface area contributed by atoms with E-state index in [9.17, 15) is 4.79 Å². The van der Waals surface area contributed by atoms with E-state index in [1.807, 2.05) is 45.2 Å². The Balaban J connectivity index is 2.00. The van der Waals surface area contributed by atoms with Crippen LogP contribution < -0.4 is 10.6 Å². The fourth-order valence-corrected chi connectivity index (χ4v) is 2.87. The van der Waals surface area contributed by atoms with E-state index in [1.165, 1.54) is 0 Å². The maximum Gasteiger partial charge on any atom is 0.255 e. The van der Waals surface area contributed by atoms with Crippen molar-refractivity contribution >= 4 is 22.5 Å². The Morgan fingerprint density at radius 3 is 2.81 bits per heavy atom. The third kappa shape index (κ3) is 4.43. The molecular weight excluding hydrogens is 342 g/mol. The number of hydrogen-bond acceptors (Lipinski definition) is 5. The second kappa shape index (κ2) is 8.64. The van der Waals surface area contributed by atoms with Crippen LogP contribution in [0.1, 0.15) is 31.1 Å². The van der Waals surface area contributed by atoms with Crippen LogP contribution in [0.4, 0.5) is 5.69 Å². The smallest absolute Gasteiger partial charge is 0.255 e. The van der Waals surface area contributed by atoms with Crippen LogP contribution in [0.2, 0.25) is 0 Å². The average Bonchev–Trinajstić information content (AvgIpc) is 3.19. The number of rotatable bonds is 8. The maximum atomic E-state index is 12.7. The lowest BCUT2D eigenvalue weighted by Crippen LogP contribution is -2.28. The molecule has 2 heterocycles. The number of aromatic amines is 1. The van der Waals surface area contributed by atoms with E-state index in [-0.39, 0.29) is 11.9 Å².